The normalized spacial score (nSPS) is 10.4. The second-order valence-electron chi connectivity index (χ2n) is 4.99. The molecule has 0 spiro atoms. The summed E-state index contributed by atoms with van der Waals surface area (Å²) in [5.74, 6) is 0. The number of rotatable bonds is 3. The molecule has 0 aliphatic rings. The maximum absolute atomic E-state index is 4.34. The van der Waals surface area contributed by atoms with E-state index < -0.39 is 0 Å². The van der Waals surface area contributed by atoms with Gasteiger partial charge in [0.25, 0.3) is 0 Å². The molecule has 1 aromatic heterocycles. The number of aryl methyl sites for hydroxylation is 1. The first-order valence-electron chi connectivity index (χ1n) is 6.88. The van der Waals surface area contributed by atoms with Crippen LogP contribution in [0.3, 0.4) is 0 Å². The van der Waals surface area contributed by atoms with Gasteiger partial charge in [-0.05, 0) is 41.7 Å². The van der Waals surface area contributed by atoms with Crippen molar-refractivity contribution >= 4 is 0 Å². The minimum absolute atomic E-state index is 0.939. The van der Waals surface area contributed by atoms with Crippen molar-refractivity contribution in [3.05, 3.63) is 89.7 Å². The number of hydrogen-bond acceptors (Lipinski definition) is 1. The molecule has 20 heavy (non-hydrogen) atoms. The first-order valence-corrected chi connectivity index (χ1v) is 6.88. The van der Waals surface area contributed by atoms with Gasteiger partial charge in [-0.25, -0.2) is 0 Å². The molecule has 0 bridgehead atoms. The van der Waals surface area contributed by atoms with Crippen LogP contribution in [0.2, 0.25) is 0 Å². The monoisotopic (exact) mass is 259 g/mol. The van der Waals surface area contributed by atoms with Crippen molar-refractivity contribution in [1.82, 2.24) is 4.98 Å². The second kappa shape index (κ2) is 5.70. The van der Waals surface area contributed by atoms with Gasteiger partial charge in [-0.2, -0.15) is 0 Å². The number of pyridine rings is 1. The molecule has 3 aromatic rings. The number of aromatic nitrogens is 1. The van der Waals surface area contributed by atoms with Crippen molar-refractivity contribution in [2.24, 2.45) is 0 Å². The smallest absolute Gasteiger partial charge is 0.0407 e. The number of hydrogen-bond donors (Lipinski definition) is 0. The summed E-state index contributed by atoms with van der Waals surface area (Å²) >= 11 is 0. The minimum Gasteiger partial charge on any atom is -0.261 e. The van der Waals surface area contributed by atoms with Crippen LogP contribution >= 0.6 is 0 Å². The van der Waals surface area contributed by atoms with Gasteiger partial charge in [0.05, 0.1) is 0 Å². The van der Waals surface area contributed by atoms with Gasteiger partial charge in [-0.1, -0.05) is 60.7 Å². The quantitative estimate of drug-likeness (QED) is 0.667. The van der Waals surface area contributed by atoms with E-state index in [0.717, 1.165) is 12.1 Å². The van der Waals surface area contributed by atoms with Gasteiger partial charge in [0.1, 0.15) is 0 Å². The summed E-state index contributed by atoms with van der Waals surface area (Å²) < 4.78 is 0. The molecule has 0 saturated carbocycles. The first kappa shape index (κ1) is 12.6. The van der Waals surface area contributed by atoms with E-state index in [0.29, 0.717) is 0 Å². The molecule has 0 amide bonds. The zero-order valence-corrected chi connectivity index (χ0v) is 11.6. The summed E-state index contributed by atoms with van der Waals surface area (Å²) in [6.45, 7) is 2.06. The molecule has 0 fully saturated rings. The van der Waals surface area contributed by atoms with E-state index >= 15 is 0 Å². The van der Waals surface area contributed by atoms with Crippen molar-refractivity contribution in [2.45, 2.75) is 13.3 Å². The van der Waals surface area contributed by atoms with Gasteiger partial charge in [-0.15, -0.1) is 0 Å². The van der Waals surface area contributed by atoms with Gasteiger partial charge in [0.2, 0.25) is 0 Å². The van der Waals surface area contributed by atoms with E-state index in [1.54, 1.807) is 0 Å². The van der Waals surface area contributed by atoms with E-state index in [2.05, 4.69) is 66.5 Å². The Balaban J connectivity index is 1.82. The second-order valence-corrected chi connectivity index (χ2v) is 4.99. The van der Waals surface area contributed by atoms with Crippen LogP contribution in [0.4, 0.5) is 0 Å². The lowest BCUT2D eigenvalue weighted by atomic mass is 10.00. The number of nitrogens with zero attached hydrogens (tertiary/aromatic N) is 1. The van der Waals surface area contributed by atoms with Crippen LogP contribution in [0.1, 0.15) is 16.8 Å². The molecule has 0 unspecified atom stereocenters. The van der Waals surface area contributed by atoms with Crippen molar-refractivity contribution < 1.29 is 0 Å². The van der Waals surface area contributed by atoms with Crippen LogP contribution in [0.15, 0.2) is 72.9 Å². The molecule has 0 atom stereocenters. The first-order chi connectivity index (χ1) is 9.83. The molecule has 98 valence electrons. The molecule has 1 heteroatoms. The summed E-state index contributed by atoms with van der Waals surface area (Å²) in [5, 5.41) is 0. The fraction of sp³-hybridized carbons (Fsp3) is 0.105. The fourth-order valence-electron chi connectivity index (χ4n) is 2.37. The Bertz CT molecular complexity index is 684. The maximum atomic E-state index is 4.34. The lowest BCUT2D eigenvalue weighted by molar-refractivity contribution is 1.08. The fourth-order valence-corrected chi connectivity index (χ4v) is 2.37. The summed E-state index contributed by atoms with van der Waals surface area (Å²) in [6.07, 6.45) is 2.78. The summed E-state index contributed by atoms with van der Waals surface area (Å²) in [6, 6.07) is 23.4. The number of benzene rings is 2. The highest BCUT2D eigenvalue weighted by Gasteiger charge is 2.01. The third-order valence-electron chi connectivity index (χ3n) is 3.57. The lowest BCUT2D eigenvalue weighted by Gasteiger charge is -2.06. The zero-order valence-electron chi connectivity index (χ0n) is 11.6. The molecule has 0 aliphatic heterocycles. The molecule has 0 aliphatic carbocycles. The molecule has 1 nitrogen and oxygen atoms in total. The van der Waals surface area contributed by atoms with E-state index in [1.165, 1.54) is 22.3 Å². The Labute approximate surface area is 119 Å². The molecule has 0 N–H and O–H groups in total. The van der Waals surface area contributed by atoms with Crippen LogP contribution in [0, 0.1) is 6.92 Å². The molecule has 3 rings (SSSR count). The van der Waals surface area contributed by atoms with Gasteiger partial charge in [0, 0.05) is 11.9 Å². The SMILES string of the molecule is Cc1ncccc1Cc1ccc(-c2ccccc2)cc1. The highest BCUT2D eigenvalue weighted by Crippen LogP contribution is 2.20. The largest absolute Gasteiger partial charge is 0.261 e. The van der Waals surface area contributed by atoms with Crippen LogP contribution < -0.4 is 0 Å². The van der Waals surface area contributed by atoms with Gasteiger partial charge < -0.3 is 0 Å². The van der Waals surface area contributed by atoms with E-state index in [1.807, 2.05) is 18.3 Å². The summed E-state index contributed by atoms with van der Waals surface area (Å²) in [7, 11) is 0. The van der Waals surface area contributed by atoms with E-state index in [9.17, 15) is 0 Å². The molecular formula is C19H17N. The molecular weight excluding hydrogens is 242 g/mol. The van der Waals surface area contributed by atoms with Gasteiger partial charge in [0.15, 0.2) is 0 Å². The minimum atomic E-state index is 0.939. The molecule has 1 heterocycles. The zero-order chi connectivity index (χ0) is 13.8. The van der Waals surface area contributed by atoms with Crippen molar-refractivity contribution in [2.75, 3.05) is 0 Å². The summed E-state index contributed by atoms with van der Waals surface area (Å²) in [4.78, 5) is 4.34. The van der Waals surface area contributed by atoms with E-state index in [4.69, 9.17) is 0 Å². The average molecular weight is 259 g/mol. The Kier molecular flexibility index (Phi) is 3.60. The Morgan fingerprint density at radius 2 is 1.45 bits per heavy atom. The Hall–Kier alpha value is -2.41. The highest BCUT2D eigenvalue weighted by atomic mass is 14.7. The van der Waals surface area contributed by atoms with Crippen LogP contribution in [0.25, 0.3) is 11.1 Å². The van der Waals surface area contributed by atoms with Crippen LogP contribution in [0.5, 0.6) is 0 Å². The lowest BCUT2D eigenvalue weighted by Crippen LogP contribution is -1.93. The maximum Gasteiger partial charge on any atom is 0.0407 e. The predicted octanol–water partition coefficient (Wildman–Crippen LogP) is 4.65. The third-order valence-corrected chi connectivity index (χ3v) is 3.57. The molecule has 0 saturated heterocycles. The van der Waals surface area contributed by atoms with Crippen molar-refractivity contribution in [3.8, 4) is 11.1 Å². The van der Waals surface area contributed by atoms with Crippen molar-refractivity contribution in [3.63, 3.8) is 0 Å². The van der Waals surface area contributed by atoms with Gasteiger partial charge in [-0.3, -0.25) is 4.98 Å². The predicted molar refractivity (Wildman–Crippen MR) is 83.7 cm³/mol. The Morgan fingerprint density at radius 1 is 0.750 bits per heavy atom. The Morgan fingerprint density at radius 3 is 2.15 bits per heavy atom. The highest BCUT2D eigenvalue weighted by molar-refractivity contribution is 5.63. The standard InChI is InChI=1S/C19H17N/c1-15-19(8-5-13-20-15)14-16-9-11-18(12-10-16)17-6-3-2-4-7-17/h2-13H,14H2,1H3. The van der Waals surface area contributed by atoms with Crippen molar-refractivity contribution in [1.29, 1.82) is 0 Å². The third kappa shape index (κ3) is 2.77. The average Bonchev–Trinajstić information content (AvgIpc) is 2.51. The van der Waals surface area contributed by atoms with Crippen LogP contribution in [-0.2, 0) is 6.42 Å². The molecule has 0 radical (unpaired) electrons. The summed E-state index contributed by atoms with van der Waals surface area (Å²) in [5.41, 5.74) is 6.24. The van der Waals surface area contributed by atoms with E-state index in [-0.39, 0.29) is 0 Å². The molecule has 2 aromatic carbocycles. The van der Waals surface area contributed by atoms with Gasteiger partial charge >= 0.3 is 0 Å². The topological polar surface area (TPSA) is 12.9 Å². The van der Waals surface area contributed by atoms with Crippen LogP contribution in [-0.4, -0.2) is 4.98 Å².